The van der Waals surface area contributed by atoms with Gasteiger partial charge < -0.3 is 16.4 Å². The lowest BCUT2D eigenvalue weighted by Gasteiger charge is -2.08. The largest absolute Gasteiger partial charge is 0.386 e. The second-order valence-corrected chi connectivity index (χ2v) is 3.70. The summed E-state index contributed by atoms with van der Waals surface area (Å²) in [7, 11) is 0. The van der Waals surface area contributed by atoms with Gasteiger partial charge in [-0.05, 0) is 20.0 Å². The lowest BCUT2D eigenvalue weighted by molar-refractivity contribution is 0.605. The zero-order chi connectivity index (χ0) is 12.7. The van der Waals surface area contributed by atoms with Crippen LogP contribution in [0, 0.1) is 0 Å². The molecule has 1 heterocycles. The summed E-state index contributed by atoms with van der Waals surface area (Å²) in [6, 6.07) is -0.0957. The van der Waals surface area contributed by atoms with Crippen LogP contribution >= 0.6 is 0 Å². The fourth-order valence-electron chi connectivity index (χ4n) is 1.31. The first-order valence-corrected chi connectivity index (χ1v) is 5.62. The SMILES string of the molecule is C=CN/C=C(/Cn1cc(C(C)N)nn1)NCC. The smallest absolute Gasteiger partial charge is 0.0991 e. The second kappa shape index (κ2) is 6.70. The Morgan fingerprint density at radius 1 is 1.71 bits per heavy atom. The molecule has 0 aliphatic rings. The number of nitrogens with two attached hydrogens (primary N) is 1. The number of nitrogens with zero attached hydrogens (tertiary/aromatic N) is 3. The van der Waals surface area contributed by atoms with E-state index in [9.17, 15) is 0 Å². The first kappa shape index (κ1) is 13.2. The molecule has 0 saturated carbocycles. The maximum atomic E-state index is 5.73. The molecule has 1 atom stereocenters. The minimum absolute atomic E-state index is 0.0957. The van der Waals surface area contributed by atoms with Crippen LogP contribution in [0.2, 0.25) is 0 Å². The molecular weight excluding hydrogens is 216 g/mol. The molecule has 0 radical (unpaired) electrons. The second-order valence-electron chi connectivity index (χ2n) is 3.70. The Morgan fingerprint density at radius 2 is 2.47 bits per heavy atom. The predicted octanol–water partition coefficient (Wildman–Crippen LogP) is 0.482. The van der Waals surface area contributed by atoms with Gasteiger partial charge >= 0.3 is 0 Å². The van der Waals surface area contributed by atoms with Crippen molar-refractivity contribution in [2.24, 2.45) is 5.73 Å². The summed E-state index contributed by atoms with van der Waals surface area (Å²) in [5, 5.41) is 14.2. The molecule has 1 rings (SSSR count). The minimum atomic E-state index is -0.0957. The van der Waals surface area contributed by atoms with Crippen LogP contribution in [0.3, 0.4) is 0 Å². The van der Waals surface area contributed by atoms with Gasteiger partial charge in [0.05, 0.1) is 18.4 Å². The van der Waals surface area contributed by atoms with Gasteiger partial charge in [-0.3, -0.25) is 0 Å². The van der Waals surface area contributed by atoms with Crippen LogP contribution < -0.4 is 16.4 Å². The van der Waals surface area contributed by atoms with Crippen LogP contribution in [0.4, 0.5) is 0 Å². The van der Waals surface area contributed by atoms with Crippen molar-refractivity contribution in [1.29, 1.82) is 0 Å². The number of nitrogens with one attached hydrogen (secondary N) is 2. The van der Waals surface area contributed by atoms with Crippen molar-refractivity contribution in [3.8, 4) is 0 Å². The molecule has 0 saturated heterocycles. The Morgan fingerprint density at radius 3 is 3.00 bits per heavy atom. The monoisotopic (exact) mass is 236 g/mol. The van der Waals surface area contributed by atoms with E-state index in [2.05, 4.69) is 27.5 Å². The van der Waals surface area contributed by atoms with Crippen molar-refractivity contribution < 1.29 is 0 Å². The third-order valence-electron chi connectivity index (χ3n) is 2.13. The summed E-state index contributed by atoms with van der Waals surface area (Å²) in [6.45, 7) is 8.98. The van der Waals surface area contributed by atoms with E-state index in [0.717, 1.165) is 17.9 Å². The van der Waals surface area contributed by atoms with Gasteiger partial charge in [0.25, 0.3) is 0 Å². The minimum Gasteiger partial charge on any atom is -0.386 e. The lowest BCUT2D eigenvalue weighted by atomic mass is 10.3. The molecule has 0 spiro atoms. The molecule has 0 aromatic carbocycles. The topological polar surface area (TPSA) is 80.8 Å². The summed E-state index contributed by atoms with van der Waals surface area (Å²) < 4.78 is 1.75. The van der Waals surface area contributed by atoms with Crippen molar-refractivity contribution in [3.63, 3.8) is 0 Å². The molecule has 6 heteroatoms. The Hall–Kier alpha value is -1.82. The molecule has 4 N–H and O–H groups in total. The van der Waals surface area contributed by atoms with Gasteiger partial charge in [-0.15, -0.1) is 5.10 Å². The van der Waals surface area contributed by atoms with E-state index in [0.29, 0.717) is 6.54 Å². The van der Waals surface area contributed by atoms with Crippen LogP contribution in [0.25, 0.3) is 0 Å². The summed E-state index contributed by atoms with van der Waals surface area (Å²) in [5.74, 6) is 0. The Bertz CT molecular complexity index is 379. The molecule has 1 aromatic heterocycles. The molecule has 6 nitrogen and oxygen atoms in total. The lowest BCUT2D eigenvalue weighted by Crippen LogP contribution is -2.19. The molecule has 0 fully saturated rings. The first-order chi connectivity index (χ1) is 8.17. The highest BCUT2D eigenvalue weighted by molar-refractivity contribution is 5.03. The number of rotatable bonds is 7. The summed E-state index contributed by atoms with van der Waals surface area (Å²) in [4.78, 5) is 0. The van der Waals surface area contributed by atoms with Crippen LogP contribution in [0.1, 0.15) is 25.6 Å². The molecular formula is C11H20N6. The molecule has 94 valence electrons. The van der Waals surface area contributed by atoms with Crippen molar-refractivity contribution >= 4 is 0 Å². The van der Waals surface area contributed by atoms with E-state index < -0.39 is 0 Å². The van der Waals surface area contributed by atoms with E-state index in [1.54, 1.807) is 10.9 Å². The van der Waals surface area contributed by atoms with E-state index in [4.69, 9.17) is 5.73 Å². The highest BCUT2D eigenvalue weighted by atomic mass is 15.4. The maximum Gasteiger partial charge on any atom is 0.0991 e. The van der Waals surface area contributed by atoms with E-state index in [1.807, 2.05) is 26.2 Å². The van der Waals surface area contributed by atoms with Gasteiger partial charge in [-0.25, -0.2) is 4.68 Å². The van der Waals surface area contributed by atoms with Crippen molar-refractivity contribution in [3.05, 3.63) is 36.6 Å². The average Bonchev–Trinajstić information content (AvgIpc) is 2.75. The quantitative estimate of drug-likeness (QED) is 0.641. The molecule has 17 heavy (non-hydrogen) atoms. The highest BCUT2D eigenvalue weighted by Crippen LogP contribution is 2.04. The van der Waals surface area contributed by atoms with Crippen molar-refractivity contribution in [1.82, 2.24) is 25.6 Å². The molecule has 0 aliphatic heterocycles. The van der Waals surface area contributed by atoms with E-state index in [1.165, 1.54) is 0 Å². The van der Waals surface area contributed by atoms with Gasteiger partial charge in [-0.1, -0.05) is 11.8 Å². The van der Waals surface area contributed by atoms with Gasteiger partial charge in [-0.2, -0.15) is 0 Å². The number of allylic oxidation sites excluding steroid dienone is 1. The average molecular weight is 236 g/mol. The van der Waals surface area contributed by atoms with Gasteiger partial charge in [0.15, 0.2) is 0 Å². The van der Waals surface area contributed by atoms with Crippen LogP contribution in [0.5, 0.6) is 0 Å². The molecule has 0 bridgehead atoms. The fourth-order valence-corrected chi connectivity index (χ4v) is 1.31. The third kappa shape index (κ3) is 4.28. The van der Waals surface area contributed by atoms with E-state index >= 15 is 0 Å². The Kier molecular flexibility index (Phi) is 5.22. The summed E-state index contributed by atoms with van der Waals surface area (Å²) in [5.41, 5.74) is 7.52. The molecule has 1 aromatic rings. The zero-order valence-electron chi connectivity index (χ0n) is 10.3. The standard InChI is InChI=1S/C11H20N6/c1-4-13-6-10(14-5-2)7-17-8-11(9(3)12)15-16-17/h4,6,8-9,13-14H,1,5,7,12H2,2-3H3/b10-6-. The van der Waals surface area contributed by atoms with Crippen LogP contribution in [-0.4, -0.2) is 21.5 Å². The highest BCUT2D eigenvalue weighted by Gasteiger charge is 2.06. The van der Waals surface area contributed by atoms with Gasteiger partial charge in [0, 0.05) is 24.5 Å². The van der Waals surface area contributed by atoms with Gasteiger partial charge in [0.1, 0.15) is 0 Å². The summed E-state index contributed by atoms with van der Waals surface area (Å²) in [6.07, 6.45) is 5.32. The number of likely N-dealkylation sites (N-methyl/N-ethyl adjacent to an activating group) is 1. The third-order valence-corrected chi connectivity index (χ3v) is 2.13. The zero-order valence-corrected chi connectivity index (χ0v) is 10.3. The van der Waals surface area contributed by atoms with Crippen molar-refractivity contribution in [2.75, 3.05) is 6.54 Å². The first-order valence-electron chi connectivity index (χ1n) is 5.62. The molecule has 0 amide bonds. The molecule has 1 unspecified atom stereocenters. The van der Waals surface area contributed by atoms with Crippen molar-refractivity contribution in [2.45, 2.75) is 26.4 Å². The fraction of sp³-hybridized carbons (Fsp3) is 0.455. The Balaban J connectivity index is 2.68. The van der Waals surface area contributed by atoms with Crippen LogP contribution in [-0.2, 0) is 6.54 Å². The number of aromatic nitrogens is 3. The number of hydrogen-bond acceptors (Lipinski definition) is 5. The Labute approximate surface area is 102 Å². The van der Waals surface area contributed by atoms with Gasteiger partial charge in [0.2, 0.25) is 0 Å². The molecule has 0 aliphatic carbocycles. The maximum absolute atomic E-state index is 5.73. The van der Waals surface area contributed by atoms with Crippen LogP contribution in [0.15, 0.2) is 30.9 Å². The predicted molar refractivity (Wildman–Crippen MR) is 67.7 cm³/mol. The normalized spacial score (nSPS) is 13.2. The van der Waals surface area contributed by atoms with E-state index in [-0.39, 0.29) is 6.04 Å². The summed E-state index contributed by atoms with van der Waals surface area (Å²) >= 11 is 0. The number of hydrogen-bond donors (Lipinski definition) is 3.